The standard InChI is InChI=1S/C20H26N2O3/c1-23-18-7-3-4-8-19(18)25-15-16-9-12-22(13-10-16)14-17-6-5-11-21-20(17)24-2/h3-8,11,16H,9-10,12-15H2,1-2H3. The summed E-state index contributed by atoms with van der Waals surface area (Å²) in [5, 5.41) is 0. The molecule has 5 nitrogen and oxygen atoms in total. The van der Waals surface area contributed by atoms with Crippen LogP contribution in [0.15, 0.2) is 42.6 Å². The van der Waals surface area contributed by atoms with E-state index in [0.717, 1.165) is 62.0 Å². The van der Waals surface area contributed by atoms with Crippen molar-refractivity contribution in [2.75, 3.05) is 33.9 Å². The molecule has 134 valence electrons. The number of rotatable bonds is 7. The van der Waals surface area contributed by atoms with Crippen molar-refractivity contribution in [1.82, 2.24) is 9.88 Å². The van der Waals surface area contributed by atoms with E-state index in [2.05, 4.69) is 16.0 Å². The van der Waals surface area contributed by atoms with E-state index >= 15 is 0 Å². The van der Waals surface area contributed by atoms with Crippen LogP contribution in [0.25, 0.3) is 0 Å². The van der Waals surface area contributed by atoms with Crippen LogP contribution in [0.1, 0.15) is 18.4 Å². The molecule has 1 aromatic carbocycles. The molecule has 0 bridgehead atoms. The zero-order chi connectivity index (χ0) is 17.5. The largest absolute Gasteiger partial charge is 0.493 e. The van der Waals surface area contributed by atoms with Gasteiger partial charge in [0.15, 0.2) is 11.5 Å². The summed E-state index contributed by atoms with van der Waals surface area (Å²) in [5.41, 5.74) is 1.15. The summed E-state index contributed by atoms with van der Waals surface area (Å²) in [7, 11) is 3.35. The third-order valence-electron chi connectivity index (χ3n) is 4.69. The van der Waals surface area contributed by atoms with Crippen LogP contribution in [0.2, 0.25) is 0 Å². The van der Waals surface area contributed by atoms with Crippen molar-refractivity contribution < 1.29 is 14.2 Å². The van der Waals surface area contributed by atoms with Gasteiger partial charge in [0.25, 0.3) is 0 Å². The number of hydrogen-bond acceptors (Lipinski definition) is 5. The second-order valence-electron chi connectivity index (χ2n) is 6.35. The van der Waals surface area contributed by atoms with Gasteiger partial charge in [0.05, 0.1) is 20.8 Å². The Balaban J connectivity index is 1.47. The van der Waals surface area contributed by atoms with E-state index in [0.29, 0.717) is 5.92 Å². The van der Waals surface area contributed by atoms with Crippen LogP contribution in [-0.2, 0) is 6.54 Å². The molecule has 0 saturated carbocycles. The Labute approximate surface area is 149 Å². The predicted molar refractivity (Wildman–Crippen MR) is 97.3 cm³/mol. The van der Waals surface area contributed by atoms with Crippen LogP contribution >= 0.6 is 0 Å². The van der Waals surface area contributed by atoms with Gasteiger partial charge in [0, 0.05) is 18.3 Å². The molecule has 0 atom stereocenters. The molecule has 0 unspecified atom stereocenters. The van der Waals surface area contributed by atoms with Gasteiger partial charge in [-0.1, -0.05) is 18.2 Å². The van der Waals surface area contributed by atoms with Gasteiger partial charge in [-0.2, -0.15) is 0 Å². The Morgan fingerprint density at radius 2 is 1.76 bits per heavy atom. The minimum absolute atomic E-state index is 0.581. The molecule has 0 radical (unpaired) electrons. The lowest BCUT2D eigenvalue weighted by Crippen LogP contribution is -2.35. The van der Waals surface area contributed by atoms with E-state index < -0.39 is 0 Å². The summed E-state index contributed by atoms with van der Waals surface area (Å²) < 4.78 is 16.7. The van der Waals surface area contributed by atoms with Crippen molar-refractivity contribution in [3.05, 3.63) is 48.2 Å². The molecule has 0 amide bonds. The molecule has 5 heteroatoms. The van der Waals surface area contributed by atoms with Gasteiger partial charge >= 0.3 is 0 Å². The van der Waals surface area contributed by atoms with Gasteiger partial charge in [-0.3, -0.25) is 4.90 Å². The molecule has 1 aromatic heterocycles. The van der Waals surface area contributed by atoms with Gasteiger partial charge in [-0.05, 0) is 50.0 Å². The lowest BCUT2D eigenvalue weighted by atomic mass is 9.97. The molecule has 1 fully saturated rings. The molecule has 0 aliphatic carbocycles. The first-order valence-electron chi connectivity index (χ1n) is 8.76. The Bertz CT molecular complexity index is 669. The average Bonchev–Trinajstić information content (AvgIpc) is 2.68. The minimum atomic E-state index is 0.581. The third-order valence-corrected chi connectivity index (χ3v) is 4.69. The van der Waals surface area contributed by atoms with Gasteiger partial charge in [-0.15, -0.1) is 0 Å². The fourth-order valence-corrected chi connectivity index (χ4v) is 3.23. The monoisotopic (exact) mass is 342 g/mol. The Morgan fingerprint density at radius 3 is 2.48 bits per heavy atom. The second-order valence-corrected chi connectivity index (χ2v) is 6.35. The van der Waals surface area contributed by atoms with E-state index in [1.807, 2.05) is 30.3 Å². The number of pyridine rings is 1. The van der Waals surface area contributed by atoms with Gasteiger partial charge < -0.3 is 14.2 Å². The summed E-state index contributed by atoms with van der Waals surface area (Å²) in [4.78, 5) is 6.73. The van der Waals surface area contributed by atoms with Crippen LogP contribution < -0.4 is 14.2 Å². The molecule has 1 aliphatic rings. The smallest absolute Gasteiger partial charge is 0.217 e. The van der Waals surface area contributed by atoms with E-state index in [4.69, 9.17) is 14.2 Å². The highest BCUT2D eigenvalue weighted by atomic mass is 16.5. The number of nitrogens with zero attached hydrogens (tertiary/aromatic N) is 2. The normalized spacial score (nSPS) is 15.8. The predicted octanol–water partition coefficient (Wildman–Crippen LogP) is 3.39. The van der Waals surface area contributed by atoms with Crippen molar-refractivity contribution in [1.29, 1.82) is 0 Å². The van der Waals surface area contributed by atoms with E-state index in [9.17, 15) is 0 Å². The van der Waals surface area contributed by atoms with Crippen LogP contribution in [0, 0.1) is 5.92 Å². The summed E-state index contributed by atoms with van der Waals surface area (Å²) in [5.74, 6) is 2.93. The molecule has 1 aliphatic heterocycles. The fourth-order valence-electron chi connectivity index (χ4n) is 3.23. The molecule has 0 spiro atoms. The van der Waals surface area contributed by atoms with E-state index in [-0.39, 0.29) is 0 Å². The van der Waals surface area contributed by atoms with Crippen molar-refractivity contribution in [3.63, 3.8) is 0 Å². The van der Waals surface area contributed by atoms with Crippen LogP contribution in [0.5, 0.6) is 17.4 Å². The number of ether oxygens (including phenoxy) is 3. The molecule has 0 N–H and O–H groups in total. The summed E-state index contributed by atoms with van der Waals surface area (Å²) >= 11 is 0. The topological polar surface area (TPSA) is 43.8 Å². The summed E-state index contributed by atoms with van der Waals surface area (Å²) in [6.45, 7) is 3.76. The number of para-hydroxylation sites is 2. The number of piperidine rings is 1. The van der Waals surface area contributed by atoms with E-state index in [1.165, 1.54) is 0 Å². The molecular formula is C20H26N2O3. The number of benzene rings is 1. The maximum absolute atomic E-state index is 5.98. The van der Waals surface area contributed by atoms with Crippen molar-refractivity contribution in [2.24, 2.45) is 5.92 Å². The van der Waals surface area contributed by atoms with Gasteiger partial charge in [0.2, 0.25) is 5.88 Å². The Kier molecular flexibility index (Phi) is 6.12. The molecule has 2 heterocycles. The zero-order valence-electron chi connectivity index (χ0n) is 15.0. The molecule has 3 rings (SSSR count). The number of methoxy groups -OCH3 is 2. The quantitative estimate of drug-likeness (QED) is 0.772. The highest BCUT2D eigenvalue weighted by Crippen LogP contribution is 2.28. The highest BCUT2D eigenvalue weighted by Gasteiger charge is 2.21. The van der Waals surface area contributed by atoms with E-state index in [1.54, 1.807) is 20.4 Å². The molecule has 2 aromatic rings. The van der Waals surface area contributed by atoms with Crippen LogP contribution in [0.3, 0.4) is 0 Å². The Hall–Kier alpha value is -2.27. The first kappa shape index (κ1) is 17.5. The van der Waals surface area contributed by atoms with Gasteiger partial charge in [-0.25, -0.2) is 4.98 Å². The summed E-state index contributed by atoms with van der Waals surface area (Å²) in [6.07, 6.45) is 4.04. The SMILES string of the molecule is COc1ccccc1OCC1CCN(Cc2cccnc2OC)CC1. The first-order valence-corrected chi connectivity index (χ1v) is 8.76. The number of likely N-dealkylation sites (tertiary alicyclic amines) is 1. The number of hydrogen-bond donors (Lipinski definition) is 0. The highest BCUT2D eigenvalue weighted by molar-refractivity contribution is 5.39. The van der Waals surface area contributed by atoms with Crippen molar-refractivity contribution >= 4 is 0 Å². The second kappa shape index (κ2) is 8.72. The Morgan fingerprint density at radius 1 is 1.00 bits per heavy atom. The fraction of sp³-hybridized carbons (Fsp3) is 0.450. The lowest BCUT2D eigenvalue weighted by molar-refractivity contribution is 0.134. The number of aromatic nitrogens is 1. The first-order chi connectivity index (χ1) is 12.3. The minimum Gasteiger partial charge on any atom is -0.493 e. The maximum Gasteiger partial charge on any atom is 0.217 e. The zero-order valence-corrected chi connectivity index (χ0v) is 15.0. The maximum atomic E-state index is 5.98. The van der Waals surface area contributed by atoms with Crippen LogP contribution in [-0.4, -0.2) is 43.8 Å². The lowest BCUT2D eigenvalue weighted by Gasteiger charge is -2.32. The molecule has 1 saturated heterocycles. The van der Waals surface area contributed by atoms with Crippen molar-refractivity contribution in [2.45, 2.75) is 19.4 Å². The van der Waals surface area contributed by atoms with Crippen molar-refractivity contribution in [3.8, 4) is 17.4 Å². The molecular weight excluding hydrogens is 316 g/mol. The van der Waals surface area contributed by atoms with Gasteiger partial charge in [0.1, 0.15) is 0 Å². The third kappa shape index (κ3) is 4.63. The molecule has 25 heavy (non-hydrogen) atoms. The van der Waals surface area contributed by atoms with Crippen LogP contribution in [0.4, 0.5) is 0 Å². The summed E-state index contributed by atoms with van der Waals surface area (Å²) in [6, 6.07) is 11.9. The average molecular weight is 342 g/mol.